The van der Waals surface area contributed by atoms with Gasteiger partial charge in [0.2, 0.25) is 0 Å². The number of rotatable bonds is 4. The molecule has 0 rings (SSSR count). The molecule has 0 radical (unpaired) electrons. The molecule has 0 unspecified atom stereocenters. The summed E-state index contributed by atoms with van der Waals surface area (Å²) >= 11 is 0. The third-order valence-corrected chi connectivity index (χ3v) is 1.48. The van der Waals surface area contributed by atoms with E-state index < -0.39 is 0 Å². The number of allylic oxidation sites excluding steroid dienone is 4. The maximum absolute atomic E-state index is 4.35. The third-order valence-electron chi connectivity index (χ3n) is 1.48. The van der Waals surface area contributed by atoms with Gasteiger partial charge in [-0.15, -0.1) is 0 Å². The van der Waals surface area contributed by atoms with Crippen LogP contribution >= 0.6 is 0 Å². The van der Waals surface area contributed by atoms with Crippen LogP contribution in [0.1, 0.15) is 20.8 Å². The highest BCUT2D eigenvalue weighted by molar-refractivity contribution is 6.50. The number of aliphatic imine (C=N–C) groups is 2. The molecule has 0 spiro atoms. The van der Waals surface area contributed by atoms with E-state index in [1.807, 2.05) is 45.1 Å². The summed E-state index contributed by atoms with van der Waals surface area (Å²) in [5.41, 5.74) is 1.88. The fourth-order valence-corrected chi connectivity index (χ4v) is 0.980. The summed E-state index contributed by atoms with van der Waals surface area (Å²) in [7, 11) is 1.78. The van der Waals surface area contributed by atoms with E-state index in [0.29, 0.717) is 0 Å². The maximum atomic E-state index is 4.35. The molecule has 0 bridgehead atoms. The zero-order chi connectivity index (χ0) is 10.1. The third kappa shape index (κ3) is 4.41. The van der Waals surface area contributed by atoms with Crippen molar-refractivity contribution < 1.29 is 0 Å². The van der Waals surface area contributed by atoms with Crippen molar-refractivity contribution >= 4 is 11.4 Å². The lowest BCUT2D eigenvalue weighted by Gasteiger charge is -1.99. The van der Waals surface area contributed by atoms with Gasteiger partial charge in [-0.25, -0.2) is 0 Å². The Morgan fingerprint density at radius 1 is 1.08 bits per heavy atom. The highest BCUT2D eigenvalue weighted by atomic mass is 14.8. The van der Waals surface area contributed by atoms with Gasteiger partial charge in [-0.05, 0) is 32.9 Å². The largest absolute Gasteiger partial charge is 0.286 e. The SMILES string of the molecule is C\C=C/C(=N/C)C(/C=C\C)=N/CC. The zero-order valence-electron chi connectivity index (χ0n) is 8.91. The lowest BCUT2D eigenvalue weighted by atomic mass is 10.2. The molecule has 0 aromatic carbocycles. The maximum Gasteiger partial charge on any atom is 0.0822 e. The molecule has 0 aliphatic carbocycles. The van der Waals surface area contributed by atoms with Gasteiger partial charge in [0.15, 0.2) is 0 Å². The van der Waals surface area contributed by atoms with E-state index in [1.54, 1.807) is 7.05 Å². The predicted molar refractivity (Wildman–Crippen MR) is 61.0 cm³/mol. The monoisotopic (exact) mass is 178 g/mol. The first-order valence-corrected chi connectivity index (χ1v) is 4.57. The summed E-state index contributed by atoms with van der Waals surface area (Å²) in [6.07, 6.45) is 7.89. The smallest absolute Gasteiger partial charge is 0.0822 e. The molecule has 0 amide bonds. The Kier molecular flexibility index (Phi) is 6.79. The van der Waals surface area contributed by atoms with Crippen LogP contribution in [0.15, 0.2) is 34.3 Å². The quantitative estimate of drug-likeness (QED) is 0.591. The summed E-state index contributed by atoms with van der Waals surface area (Å²) in [5, 5.41) is 0. The number of nitrogens with zero attached hydrogens (tertiary/aromatic N) is 2. The van der Waals surface area contributed by atoms with Crippen molar-refractivity contribution in [3.63, 3.8) is 0 Å². The van der Waals surface area contributed by atoms with Crippen molar-refractivity contribution in [3.8, 4) is 0 Å². The van der Waals surface area contributed by atoms with Crippen LogP contribution in [0, 0.1) is 0 Å². The van der Waals surface area contributed by atoms with Crippen LogP contribution in [0.3, 0.4) is 0 Å². The lowest BCUT2D eigenvalue weighted by Crippen LogP contribution is -2.09. The first-order chi connectivity index (χ1) is 6.29. The molecule has 0 aromatic rings. The first-order valence-electron chi connectivity index (χ1n) is 4.57. The molecule has 0 atom stereocenters. The van der Waals surface area contributed by atoms with Gasteiger partial charge in [-0.1, -0.05) is 12.2 Å². The van der Waals surface area contributed by atoms with Crippen molar-refractivity contribution in [2.75, 3.05) is 13.6 Å². The van der Waals surface area contributed by atoms with E-state index in [9.17, 15) is 0 Å². The van der Waals surface area contributed by atoms with Crippen LogP contribution in [0.4, 0.5) is 0 Å². The van der Waals surface area contributed by atoms with Gasteiger partial charge in [0.1, 0.15) is 0 Å². The molecule has 0 heterocycles. The van der Waals surface area contributed by atoms with Gasteiger partial charge in [-0.2, -0.15) is 0 Å². The van der Waals surface area contributed by atoms with Crippen LogP contribution in [0.5, 0.6) is 0 Å². The summed E-state index contributed by atoms with van der Waals surface area (Å²) in [5.74, 6) is 0. The minimum Gasteiger partial charge on any atom is -0.286 e. The Morgan fingerprint density at radius 2 is 1.62 bits per heavy atom. The normalized spacial score (nSPS) is 14.8. The predicted octanol–water partition coefficient (Wildman–Crippen LogP) is 2.67. The van der Waals surface area contributed by atoms with Crippen molar-refractivity contribution in [2.45, 2.75) is 20.8 Å². The second kappa shape index (κ2) is 7.47. The van der Waals surface area contributed by atoms with Crippen molar-refractivity contribution in [1.29, 1.82) is 0 Å². The summed E-state index contributed by atoms with van der Waals surface area (Å²) in [6, 6.07) is 0. The standard InChI is InChI=1S/C11H18N2/c1-5-8-10(12-4)11(9-6-2)13-7-3/h5-6,8-9H,7H2,1-4H3/b8-5-,9-6-,12-10-,13-11+. The molecule has 0 saturated carbocycles. The summed E-state index contributed by atoms with van der Waals surface area (Å²) < 4.78 is 0. The fraction of sp³-hybridized carbons (Fsp3) is 0.455. The van der Waals surface area contributed by atoms with Gasteiger partial charge in [0, 0.05) is 13.6 Å². The molecule has 0 aliphatic heterocycles. The summed E-state index contributed by atoms with van der Waals surface area (Å²) in [4.78, 5) is 8.51. The molecule has 72 valence electrons. The zero-order valence-corrected chi connectivity index (χ0v) is 8.91. The van der Waals surface area contributed by atoms with Crippen LogP contribution in [0.25, 0.3) is 0 Å². The minimum absolute atomic E-state index is 0.788. The first kappa shape index (κ1) is 11.8. The topological polar surface area (TPSA) is 24.7 Å². The Bertz CT molecular complexity index is 245. The molecule has 0 saturated heterocycles. The van der Waals surface area contributed by atoms with Gasteiger partial charge >= 0.3 is 0 Å². The molecule has 0 fully saturated rings. The van der Waals surface area contributed by atoms with Gasteiger partial charge in [0.25, 0.3) is 0 Å². The molecule has 2 heteroatoms. The average molecular weight is 178 g/mol. The number of hydrogen-bond acceptors (Lipinski definition) is 2. The Morgan fingerprint density at radius 3 is 2.00 bits per heavy atom. The molecule has 13 heavy (non-hydrogen) atoms. The Balaban J connectivity index is 4.81. The van der Waals surface area contributed by atoms with E-state index in [0.717, 1.165) is 18.0 Å². The van der Waals surface area contributed by atoms with Gasteiger partial charge < -0.3 is 0 Å². The van der Waals surface area contributed by atoms with E-state index in [1.165, 1.54) is 0 Å². The van der Waals surface area contributed by atoms with Crippen molar-refractivity contribution in [3.05, 3.63) is 24.3 Å². The van der Waals surface area contributed by atoms with Crippen LogP contribution in [0.2, 0.25) is 0 Å². The van der Waals surface area contributed by atoms with Crippen LogP contribution in [-0.4, -0.2) is 25.0 Å². The molecule has 0 aliphatic rings. The minimum atomic E-state index is 0.788. The molecular formula is C11H18N2. The average Bonchev–Trinajstić information content (AvgIpc) is 2.14. The number of hydrogen-bond donors (Lipinski definition) is 0. The van der Waals surface area contributed by atoms with Crippen LogP contribution in [-0.2, 0) is 0 Å². The van der Waals surface area contributed by atoms with Crippen LogP contribution < -0.4 is 0 Å². The molecule has 0 N–H and O–H groups in total. The van der Waals surface area contributed by atoms with E-state index in [-0.39, 0.29) is 0 Å². The molecule has 0 aromatic heterocycles. The Hall–Kier alpha value is -1.18. The van der Waals surface area contributed by atoms with Gasteiger partial charge in [-0.3, -0.25) is 9.98 Å². The van der Waals surface area contributed by atoms with Crippen molar-refractivity contribution in [2.24, 2.45) is 9.98 Å². The lowest BCUT2D eigenvalue weighted by molar-refractivity contribution is 1.14. The van der Waals surface area contributed by atoms with E-state index in [4.69, 9.17) is 0 Å². The van der Waals surface area contributed by atoms with E-state index >= 15 is 0 Å². The summed E-state index contributed by atoms with van der Waals surface area (Å²) in [6.45, 7) is 6.77. The highest BCUT2D eigenvalue weighted by Crippen LogP contribution is 1.91. The molecular weight excluding hydrogens is 160 g/mol. The van der Waals surface area contributed by atoms with Gasteiger partial charge in [0.05, 0.1) is 11.4 Å². The fourth-order valence-electron chi connectivity index (χ4n) is 0.980. The second-order valence-corrected chi connectivity index (χ2v) is 2.47. The van der Waals surface area contributed by atoms with E-state index in [2.05, 4.69) is 9.98 Å². The highest BCUT2D eigenvalue weighted by Gasteiger charge is 1.98. The molecule has 2 nitrogen and oxygen atoms in total. The Labute approximate surface area is 80.8 Å². The second-order valence-electron chi connectivity index (χ2n) is 2.47. The van der Waals surface area contributed by atoms with Crippen molar-refractivity contribution in [1.82, 2.24) is 0 Å².